The molecule has 1 fully saturated rings. The maximum Gasteiger partial charge on any atom is 0.235 e. The second kappa shape index (κ2) is 5.18. The molecule has 0 N–H and O–H groups in total. The van der Waals surface area contributed by atoms with Gasteiger partial charge in [0.1, 0.15) is 0 Å². The second-order valence-corrected chi connectivity index (χ2v) is 4.24. The van der Waals surface area contributed by atoms with E-state index in [1.165, 1.54) is 24.0 Å². The Kier molecular flexibility index (Phi) is 4.12. The minimum atomic E-state index is 0.463. The molecule has 0 radical (unpaired) electrons. The third-order valence-electron chi connectivity index (χ3n) is 1.97. The van der Waals surface area contributed by atoms with Crippen molar-refractivity contribution in [2.45, 2.75) is 12.8 Å². The Morgan fingerprint density at radius 1 is 1.75 bits per heavy atom. The molecule has 1 atom stereocenters. The third-order valence-corrected chi connectivity index (χ3v) is 3.20. The van der Waals surface area contributed by atoms with Gasteiger partial charge >= 0.3 is 0 Å². The third kappa shape index (κ3) is 3.24. The Morgan fingerprint density at radius 2 is 2.58 bits per heavy atom. The number of thioether (sulfide) groups is 1. The van der Waals surface area contributed by atoms with Crippen molar-refractivity contribution in [1.29, 1.82) is 0 Å². The quantitative estimate of drug-likeness (QED) is 0.379. The molecule has 1 unspecified atom stereocenters. The molecule has 0 aromatic rings. The van der Waals surface area contributed by atoms with Gasteiger partial charge in [-0.1, -0.05) is 12.2 Å². The molecular weight excluding hydrogens is 170 g/mol. The van der Waals surface area contributed by atoms with E-state index in [0.717, 1.165) is 17.9 Å². The van der Waals surface area contributed by atoms with E-state index in [1.807, 2.05) is 11.8 Å². The number of hydrogen-bond acceptors (Lipinski definition) is 3. The van der Waals surface area contributed by atoms with E-state index in [1.54, 1.807) is 0 Å². The topological polar surface area (TPSA) is 29.4 Å². The molecule has 12 heavy (non-hydrogen) atoms. The van der Waals surface area contributed by atoms with Crippen LogP contribution in [0, 0.1) is 5.92 Å². The van der Waals surface area contributed by atoms with E-state index in [0.29, 0.717) is 6.54 Å². The van der Waals surface area contributed by atoms with Gasteiger partial charge < -0.3 is 0 Å². The number of hydrogen-bond donors (Lipinski definition) is 0. The molecule has 0 aromatic heterocycles. The van der Waals surface area contributed by atoms with Crippen LogP contribution in [-0.2, 0) is 4.79 Å². The van der Waals surface area contributed by atoms with Crippen molar-refractivity contribution in [1.82, 2.24) is 0 Å². The van der Waals surface area contributed by atoms with Gasteiger partial charge in [0.05, 0.1) is 6.54 Å². The maximum absolute atomic E-state index is 9.81. The zero-order chi connectivity index (χ0) is 8.81. The largest absolute Gasteiger partial charge is 0.235 e. The van der Waals surface area contributed by atoms with Crippen LogP contribution < -0.4 is 0 Å². The van der Waals surface area contributed by atoms with Crippen LogP contribution in [0.2, 0.25) is 0 Å². The van der Waals surface area contributed by atoms with Crippen molar-refractivity contribution >= 4 is 17.8 Å². The number of rotatable bonds is 4. The first-order valence-corrected chi connectivity index (χ1v) is 5.26. The van der Waals surface area contributed by atoms with Crippen molar-refractivity contribution < 1.29 is 4.79 Å². The van der Waals surface area contributed by atoms with Crippen LogP contribution >= 0.6 is 11.8 Å². The summed E-state index contributed by atoms with van der Waals surface area (Å²) in [6.07, 6.45) is 3.84. The summed E-state index contributed by atoms with van der Waals surface area (Å²) in [7, 11) is 0. The molecule has 1 saturated heterocycles. The Morgan fingerprint density at radius 3 is 3.17 bits per heavy atom. The lowest BCUT2D eigenvalue weighted by Gasteiger charge is -2.07. The number of nitrogens with zero attached hydrogens (tertiary/aromatic N) is 1. The van der Waals surface area contributed by atoms with Crippen molar-refractivity contribution in [2.75, 3.05) is 18.1 Å². The van der Waals surface area contributed by atoms with Crippen molar-refractivity contribution in [3.05, 3.63) is 12.2 Å². The van der Waals surface area contributed by atoms with Crippen LogP contribution in [0.15, 0.2) is 17.1 Å². The minimum absolute atomic E-state index is 0.463. The van der Waals surface area contributed by atoms with E-state index in [9.17, 15) is 4.79 Å². The predicted molar refractivity (Wildman–Crippen MR) is 52.2 cm³/mol. The predicted octanol–water partition coefficient (Wildman–Crippen LogP) is 2.02. The number of aliphatic imine (C=N–C) groups is 1. The highest BCUT2D eigenvalue weighted by atomic mass is 32.2. The summed E-state index contributed by atoms with van der Waals surface area (Å²) in [5.41, 5.74) is 1.06. The molecule has 1 heterocycles. The number of carbonyl (C=O) groups excluding carboxylic acids is 1. The standard InChI is InChI=1S/C9H13NOS/c1-8(5-10-7-11)4-9-2-3-12-6-9/h9H,1-6H2. The highest BCUT2D eigenvalue weighted by Gasteiger charge is 2.15. The molecule has 0 aliphatic carbocycles. The highest BCUT2D eigenvalue weighted by molar-refractivity contribution is 7.99. The Hall–Kier alpha value is -0.530. The van der Waals surface area contributed by atoms with Crippen LogP contribution in [0.5, 0.6) is 0 Å². The molecule has 66 valence electrons. The normalized spacial score (nSPS) is 21.8. The van der Waals surface area contributed by atoms with Crippen LogP contribution in [0.3, 0.4) is 0 Å². The lowest BCUT2D eigenvalue weighted by molar-refractivity contribution is 0.561. The summed E-state index contributed by atoms with van der Waals surface area (Å²) >= 11 is 2.00. The van der Waals surface area contributed by atoms with E-state index in [4.69, 9.17) is 0 Å². The molecule has 0 bridgehead atoms. The van der Waals surface area contributed by atoms with Gasteiger partial charge in [-0.25, -0.2) is 9.79 Å². The van der Waals surface area contributed by atoms with E-state index < -0.39 is 0 Å². The maximum atomic E-state index is 9.81. The van der Waals surface area contributed by atoms with Crippen molar-refractivity contribution in [3.8, 4) is 0 Å². The Balaban J connectivity index is 2.20. The summed E-state index contributed by atoms with van der Waals surface area (Å²) in [4.78, 5) is 13.3. The zero-order valence-electron chi connectivity index (χ0n) is 7.08. The van der Waals surface area contributed by atoms with Gasteiger partial charge in [-0.05, 0) is 30.3 Å². The van der Waals surface area contributed by atoms with Crippen LogP contribution in [0.1, 0.15) is 12.8 Å². The van der Waals surface area contributed by atoms with Gasteiger partial charge in [-0.2, -0.15) is 11.8 Å². The molecule has 0 saturated carbocycles. The molecule has 0 amide bonds. The second-order valence-electron chi connectivity index (χ2n) is 3.09. The minimum Gasteiger partial charge on any atom is -0.211 e. The summed E-state index contributed by atoms with van der Waals surface area (Å²) in [6, 6.07) is 0. The van der Waals surface area contributed by atoms with Crippen LogP contribution in [0.25, 0.3) is 0 Å². The lowest BCUT2D eigenvalue weighted by Crippen LogP contribution is -2.00. The molecule has 3 heteroatoms. The zero-order valence-corrected chi connectivity index (χ0v) is 7.90. The number of isocyanates is 1. The Labute approximate surface area is 77.1 Å². The van der Waals surface area contributed by atoms with Gasteiger partial charge in [0, 0.05) is 0 Å². The summed E-state index contributed by atoms with van der Waals surface area (Å²) in [5, 5.41) is 0. The van der Waals surface area contributed by atoms with Crippen LogP contribution in [-0.4, -0.2) is 24.1 Å². The molecule has 1 rings (SSSR count). The fourth-order valence-corrected chi connectivity index (χ4v) is 2.65. The van der Waals surface area contributed by atoms with Gasteiger partial charge in [-0.15, -0.1) is 0 Å². The molecule has 1 aliphatic rings. The summed E-state index contributed by atoms with van der Waals surface area (Å²) in [5.74, 6) is 3.28. The van der Waals surface area contributed by atoms with Gasteiger partial charge in [0.15, 0.2) is 0 Å². The first-order chi connectivity index (χ1) is 5.83. The van der Waals surface area contributed by atoms with Gasteiger partial charge in [-0.3, -0.25) is 0 Å². The van der Waals surface area contributed by atoms with Crippen LogP contribution in [0.4, 0.5) is 0 Å². The fraction of sp³-hybridized carbons (Fsp3) is 0.667. The SMILES string of the molecule is C=C(CN=C=O)CC1CCSC1. The smallest absolute Gasteiger partial charge is 0.211 e. The molecular formula is C9H13NOS. The van der Waals surface area contributed by atoms with Gasteiger partial charge in [0.25, 0.3) is 0 Å². The fourth-order valence-electron chi connectivity index (χ4n) is 1.36. The summed E-state index contributed by atoms with van der Waals surface area (Å²) in [6.45, 7) is 4.34. The monoisotopic (exact) mass is 183 g/mol. The Bertz CT molecular complexity index is 203. The summed E-state index contributed by atoms with van der Waals surface area (Å²) < 4.78 is 0. The first-order valence-electron chi connectivity index (χ1n) is 4.11. The van der Waals surface area contributed by atoms with E-state index in [2.05, 4.69) is 11.6 Å². The average molecular weight is 183 g/mol. The van der Waals surface area contributed by atoms with Crippen molar-refractivity contribution in [3.63, 3.8) is 0 Å². The molecule has 1 aliphatic heterocycles. The molecule has 0 aromatic carbocycles. The van der Waals surface area contributed by atoms with E-state index in [-0.39, 0.29) is 0 Å². The molecule has 0 spiro atoms. The average Bonchev–Trinajstić information content (AvgIpc) is 2.53. The van der Waals surface area contributed by atoms with E-state index >= 15 is 0 Å². The molecule has 2 nitrogen and oxygen atoms in total. The first kappa shape index (κ1) is 9.56. The van der Waals surface area contributed by atoms with Crippen molar-refractivity contribution in [2.24, 2.45) is 10.9 Å². The van der Waals surface area contributed by atoms with Gasteiger partial charge in [0.2, 0.25) is 6.08 Å². The highest BCUT2D eigenvalue weighted by Crippen LogP contribution is 2.28. The lowest BCUT2D eigenvalue weighted by atomic mass is 10.0.